The van der Waals surface area contributed by atoms with Crippen molar-refractivity contribution in [1.29, 1.82) is 0 Å². The van der Waals surface area contributed by atoms with E-state index in [4.69, 9.17) is 5.73 Å². The minimum absolute atomic E-state index is 0.0357. The molecule has 1 unspecified atom stereocenters. The first-order valence-electron chi connectivity index (χ1n) is 9.55. The van der Waals surface area contributed by atoms with Gasteiger partial charge in [-0.25, -0.2) is 13.2 Å². The molecule has 31 heavy (non-hydrogen) atoms. The molecule has 2 aromatic carbocycles. The lowest BCUT2D eigenvalue weighted by Crippen LogP contribution is -2.51. The molecule has 0 heterocycles. The molecule has 0 aliphatic heterocycles. The van der Waals surface area contributed by atoms with Crippen LogP contribution in [0.4, 0.5) is 32.0 Å². The van der Waals surface area contributed by atoms with Gasteiger partial charge >= 0.3 is 6.18 Å². The second kappa shape index (κ2) is 8.53. The topological polar surface area (TPSA) is 55.1 Å². The van der Waals surface area contributed by atoms with Crippen LogP contribution in [0, 0.1) is 13.8 Å². The molecule has 2 rings (SSSR count). The number of carbonyl (C=O) groups is 1. The lowest BCUT2D eigenvalue weighted by atomic mass is 9.86. The second-order valence-electron chi connectivity index (χ2n) is 7.52. The first-order chi connectivity index (χ1) is 14.2. The summed E-state index contributed by atoms with van der Waals surface area (Å²) in [5.41, 5.74) is 1.75. The zero-order chi connectivity index (χ0) is 23.8. The Morgan fingerprint density at radius 2 is 1.58 bits per heavy atom. The van der Waals surface area contributed by atoms with Crippen molar-refractivity contribution in [1.82, 2.24) is 0 Å². The molecule has 0 spiro atoms. The number of rotatable bonds is 6. The van der Waals surface area contributed by atoms with E-state index in [1.54, 1.807) is 32.0 Å². The molecule has 0 saturated carbocycles. The third-order valence-corrected chi connectivity index (χ3v) is 5.25. The van der Waals surface area contributed by atoms with Crippen molar-refractivity contribution in [3.63, 3.8) is 0 Å². The number of amides is 1. The van der Waals surface area contributed by atoms with E-state index in [0.29, 0.717) is 12.6 Å². The van der Waals surface area contributed by atoms with Gasteiger partial charge in [0.2, 0.25) is 0 Å². The molecule has 1 atom stereocenters. The van der Waals surface area contributed by atoms with Crippen molar-refractivity contribution in [2.75, 3.05) is 5.32 Å². The van der Waals surface area contributed by atoms with Gasteiger partial charge in [0.1, 0.15) is 0 Å². The summed E-state index contributed by atoms with van der Waals surface area (Å²) in [4.78, 5) is 12.7. The minimum Gasteiger partial charge on any atom is -0.326 e. The van der Waals surface area contributed by atoms with Gasteiger partial charge in [-0.2, -0.15) is 13.2 Å². The lowest BCUT2D eigenvalue weighted by Gasteiger charge is -2.34. The van der Waals surface area contributed by atoms with E-state index in [-0.39, 0.29) is 35.7 Å². The Morgan fingerprint density at radius 3 is 2.03 bits per heavy atom. The molecular weight excluding hydrogens is 422 g/mol. The van der Waals surface area contributed by atoms with Crippen molar-refractivity contribution < 1.29 is 31.1 Å². The Kier molecular flexibility index (Phi) is 6.80. The van der Waals surface area contributed by atoms with Crippen LogP contribution in [0.1, 0.15) is 52.0 Å². The summed E-state index contributed by atoms with van der Waals surface area (Å²) >= 11 is 0. The second-order valence-corrected chi connectivity index (χ2v) is 7.52. The number of carbonyl (C=O) groups excluding carboxylic acids is 1. The summed E-state index contributed by atoms with van der Waals surface area (Å²) < 4.78 is 82.4. The number of alkyl halides is 6. The quantitative estimate of drug-likeness (QED) is 0.538. The Labute approximate surface area is 176 Å². The average Bonchev–Trinajstić information content (AvgIpc) is 2.66. The normalized spacial score (nSPS) is 14.3. The van der Waals surface area contributed by atoms with Gasteiger partial charge < -0.3 is 11.1 Å². The standard InChI is InChI=1S/C22H24F6N2O/c1-5-14-10-17(21(25,20(4,23)24)22(26,27)28)9-13(3)18(14)30-19(31)15-6-7-16(11-29)12(2)8-15/h6-10H,5,11,29H2,1-4H3,(H,30,31). The number of nitrogens with two attached hydrogens (primary N) is 1. The zero-order valence-corrected chi connectivity index (χ0v) is 17.6. The van der Waals surface area contributed by atoms with Gasteiger partial charge in [0.15, 0.2) is 0 Å². The molecule has 0 aromatic heterocycles. The highest BCUT2D eigenvalue weighted by molar-refractivity contribution is 6.05. The number of aryl methyl sites for hydroxylation is 3. The molecule has 0 saturated heterocycles. The SMILES string of the molecule is CCc1cc(C(F)(C(C)(F)F)C(F)(F)F)cc(C)c1NC(=O)c1ccc(CN)c(C)c1. The maximum atomic E-state index is 14.8. The Bertz CT molecular complexity index is 965. The highest BCUT2D eigenvalue weighted by Gasteiger charge is 2.70. The van der Waals surface area contributed by atoms with Crippen LogP contribution in [0.25, 0.3) is 0 Å². The summed E-state index contributed by atoms with van der Waals surface area (Å²) in [6.45, 7) is 4.85. The van der Waals surface area contributed by atoms with Gasteiger partial charge in [0, 0.05) is 30.3 Å². The summed E-state index contributed by atoms with van der Waals surface area (Å²) in [7, 11) is 0. The minimum atomic E-state index is -5.84. The molecule has 2 aromatic rings. The van der Waals surface area contributed by atoms with E-state index < -0.39 is 29.2 Å². The molecule has 0 radical (unpaired) electrons. The fourth-order valence-corrected chi connectivity index (χ4v) is 3.43. The molecule has 1 amide bonds. The highest BCUT2D eigenvalue weighted by Crippen LogP contribution is 2.53. The molecule has 170 valence electrons. The molecule has 0 bridgehead atoms. The van der Waals surface area contributed by atoms with Crippen molar-refractivity contribution in [2.24, 2.45) is 5.73 Å². The summed E-state index contributed by atoms with van der Waals surface area (Å²) in [6, 6.07) is 6.28. The van der Waals surface area contributed by atoms with Crippen LogP contribution in [0.2, 0.25) is 0 Å². The van der Waals surface area contributed by atoms with Crippen molar-refractivity contribution in [2.45, 2.75) is 58.4 Å². The third-order valence-electron chi connectivity index (χ3n) is 5.25. The summed E-state index contributed by atoms with van der Waals surface area (Å²) in [5.74, 6) is -5.25. The van der Waals surface area contributed by atoms with Crippen LogP contribution in [-0.4, -0.2) is 18.0 Å². The average molecular weight is 446 g/mol. The van der Waals surface area contributed by atoms with Crippen LogP contribution in [-0.2, 0) is 18.6 Å². The fraction of sp³-hybridized carbons (Fsp3) is 0.409. The number of nitrogens with one attached hydrogen (secondary N) is 1. The summed E-state index contributed by atoms with van der Waals surface area (Å²) in [5, 5.41) is 2.61. The predicted molar refractivity (Wildman–Crippen MR) is 107 cm³/mol. The van der Waals surface area contributed by atoms with E-state index in [2.05, 4.69) is 5.32 Å². The summed E-state index contributed by atoms with van der Waals surface area (Å²) in [6.07, 6.45) is -5.76. The highest BCUT2D eigenvalue weighted by atomic mass is 19.4. The van der Waals surface area contributed by atoms with Gasteiger partial charge in [-0.05, 0) is 60.7 Å². The first-order valence-corrected chi connectivity index (χ1v) is 9.55. The van der Waals surface area contributed by atoms with Crippen LogP contribution < -0.4 is 11.1 Å². The van der Waals surface area contributed by atoms with E-state index in [1.165, 1.54) is 6.92 Å². The maximum absolute atomic E-state index is 14.8. The first kappa shape index (κ1) is 24.7. The van der Waals surface area contributed by atoms with Crippen molar-refractivity contribution in [3.05, 3.63) is 63.7 Å². The predicted octanol–water partition coefficient (Wildman–Crippen LogP) is 5.96. The van der Waals surface area contributed by atoms with E-state index in [9.17, 15) is 31.1 Å². The Hall–Kier alpha value is -2.55. The van der Waals surface area contributed by atoms with Gasteiger partial charge in [-0.3, -0.25) is 4.79 Å². The van der Waals surface area contributed by atoms with Crippen LogP contribution in [0.3, 0.4) is 0 Å². The molecule has 0 aliphatic carbocycles. The lowest BCUT2D eigenvalue weighted by molar-refractivity contribution is -0.304. The number of anilines is 1. The van der Waals surface area contributed by atoms with Gasteiger partial charge in [-0.15, -0.1) is 0 Å². The number of halogens is 6. The van der Waals surface area contributed by atoms with Crippen LogP contribution >= 0.6 is 0 Å². The van der Waals surface area contributed by atoms with Gasteiger partial charge in [-0.1, -0.05) is 19.1 Å². The monoisotopic (exact) mass is 446 g/mol. The third kappa shape index (κ3) is 4.56. The van der Waals surface area contributed by atoms with E-state index >= 15 is 0 Å². The largest absolute Gasteiger partial charge is 0.432 e. The smallest absolute Gasteiger partial charge is 0.326 e. The Morgan fingerprint density at radius 1 is 0.968 bits per heavy atom. The van der Waals surface area contributed by atoms with Crippen LogP contribution in [0.15, 0.2) is 30.3 Å². The molecule has 0 aliphatic rings. The molecule has 9 heteroatoms. The van der Waals surface area contributed by atoms with E-state index in [1.807, 2.05) is 0 Å². The Balaban J connectivity index is 2.53. The van der Waals surface area contributed by atoms with Gasteiger partial charge in [0.05, 0.1) is 0 Å². The van der Waals surface area contributed by atoms with Crippen LogP contribution in [0.5, 0.6) is 0 Å². The van der Waals surface area contributed by atoms with Crippen molar-refractivity contribution in [3.8, 4) is 0 Å². The van der Waals surface area contributed by atoms with E-state index in [0.717, 1.165) is 17.2 Å². The zero-order valence-electron chi connectivity index (χ0n) is 17.6. The molecule has 3 nitrogen and oxygen atoms in total. The van der Waals surface area contributed by atoms with Crippen molar-refractivity contribution >= 4 is 11.6 Å². The van der Waals surface area contributed by atoms with Gasteiger partial charge in [0.25, 0.3) is 17.5 Å². The molecule has 3 N–H and O–H groups in total. The molecule has 0 fully saturated rings. The maximum Gasteiger partial charge on any atom is 0.432 e. The number of hydrogen-bond acceptors (Lipinski definition) is 2. The number of hydrogen-bond donors (Lipinski definition) is 2. The number of benzene rings is 2. The fourth-order valence-electron chi connectivity index (χ4n) is 3.43. The molecular formula is C22H24F6N2O.